The van der Waals surface area contributed by atoms with Crippen LogP contribution in [0.2, 0.25) is 0 Å². The van der Waals surface area contributed by atoms with E-state index in [9.17, 15) is 0 Å². The minimum Gasteiger partial charge on any atom is -0.312 e. The van der Waals surface area contributed by atoms with Gasteiger partial charge in [-0.2, -0.15) is 0 Å². The molecule has 4 nitrogen and oxygen atoms in total. The molecule has 0 atom stereocenters. The van der Waals surface area contributed by atoms with Gasteiger partial charge in [-0.3, -0.25) is 0 Å². The van der Waals surface area contributed by atoms with Crippen molar-refractivity contribution in [3.8, 4) is 0 Å². The Balaban J connectivity index is 2.09. The summed E-state index contributed by atoms with van der Waals surface area (Å²) < 4.78 is 3.98. The maximum atomic E-state index is 4.10. The lowest BCUT2D eigenvalue weighted by Crippen LogP contribution is -2.37. The van der Waals surface area contributed by atoms with Gasteiger partial charge in [0.05, 0.1) is 10.6 Å². The van der Waals surface area contributed by atoms with Crippen molar-refractivity contribution in [2.75, 3.05) is 13.1 Å². The lowest BCUT2D eigenvalue weighted by atomic mass is 10.1. The molecule has 0 saturated heterocycles. The number of hydrogen-bond donors (Lipinski definition) is 2. The van der Waals surface area contributed by atoms with Gasteiger partial charge in [-0.1, -0.05) is 11.4 Å². The molecule has 98 valence electrons. The van der Waals surface area contributed by atoms with Crippen LogP contribution in [0.15, 0.2) is 0 Å². The maximum absolute atomic E-state index is 4.10. The van der Waals surface area contributed by atoms with Gasteiger partial charge >= 0.3 is 0 Å². The van der Waals surface area contributed by atoms with E-state index in [1.165, 1.54) is 16.4 Å². The molecule has 0 fully saturated rings. The third-order valence-corrected chi connectivity index (χ3v) is 3.20. The SMILES string of the molecule is CCc1nnsc1CNCCCNC(C)(C)C. The van der Waals surface area contributed by atoms with Gasteiger partial charge < -0.3 is 10.6 Å². The maximum Gasteiger partial charge on any atom is 0.0797 e. The summed E-state index contributed by atoms with van der Waals surface area (Å²) in [6.45, 7) is 11.7. The quantitative estimate of drug-likeness (QED) is 0.732. The first kappa shape index (κ1) is 14.5. The van der Waals surface area contributed by atoms with Crippen molar-refractivity contribution in [2.24, 2.45) is 0 Å². The minimum absolute atomic E-state index is 0.219. The molecule has 0 aliphatic carbocycles. The first-order chi connectivity index (χ1) is 8.03. The smallest absolute Gasteiger partial charge is 0.0797 e. The highest BCUT2D eigenvalue weighted by atomic mass is 32.1. The first-order valence-electron chi connectivity index (χ1n) is 6.29. The van der Waals surface area contributed by atoms with Crippen LogP contribution < -0.4 is 10.6 Å². The lowest BCUT2D eigenvalue weighted by Gasteiger charge is -2.20. The van der Waals surface area contributed by atoms with Crippen LogP contribution in [0.25, 0.3) is 0 Å². The summed E-state index contributed by atoms with van der Waals surface area (Å²) in [7, 11) is 0. The molecule has 0 radical (unpaired) electrons. The summed E-state index contributed by atoms with van der Waals surface area (Å²) in [6.07, 6.45) is 2.12. The van der Waals surface area contributed by atoms with Crippen molar-refractivity contribution in [3.05, 3.63) is 10.6 Å². The second-order valence-electron chi connectivity index (χ2n) is 5.20. The number of nitrogens with one attached hydrogen (secondary N) is 2. The molecule has 0 amide bonds. The second-order valence-corrected chi connectivity index (χ2v) is 6.04. The molecule has 0 aliphatic rings. The van der Waals surface area contributed by atoms with E-state index in [4.69, 9.17) is 0 Å². The van der Waals surface area contributed by atoms with E-state index in [-0.39, 0.29) is 5.54 Å². The highest BCUT2D eigenvalue weighted by Gasteiger charge is 2.07. The summed E-state index contributed by atoms with van der Waals surface area (Å²) in [5, 5.41) is 11.0. The van der Waals surface area contributed by atoms with Gasteiger partial charge in [-0.15, -0.1) is 5.10 Å². The molecule has 0 bridgehead atoms. The summed E-state index contributed by atoms with van der Waals surface area (Å²) in [5.41, 5.74) is 1.35. The molecule has 1 rings (SSSR count). The Kier molecular flexibility index (Phi) is 6.02. The Morgan fingerprint density at radius 2 is 2.00 bits per heavy atom. The number of rotatable bonds is 7. The molecule has 1 aromatic rings. The Bertz CT molecular complexity index is 317. The van der Waals surface area contributed by atoms with Gasteiger partial charge in [0, 0.05) is 12.1 Å². The van der Waals surface area contributed by atoms with Gasteiger partial charge in [0.2, 0.25) is 0 Å². The third kappa shape index (κ3) is 6.10. The van der Waals surface area contributed by atoms with E-state index in [1.54, 1.807) is 0 Å². The Morgan fingerprint density at radius 3 is 2.65 bits per heavy atom. The molecule has 0 unspecified atom stereocenters. The Labute approximate surface area is 108 Å². The molecule has 17 heavy (non-hydrogen) atoms. The lowest BCUT2D eigenvalue weighted by molar-refractivity contribution is 0.418. The molecule has 5 heteroatoms. The van der Waals surface area contributed by atoms with Gasteiger partial charge in [0.1, 0.15) is 0 Å². The van der Waals surface area contributed by atoms with Crippen LogP contribution >= 0.6 is 11.5 Å². The van der Waals surface area contributed by atoms with Crippen LogP contribution in [0.1, 0.15) is 44.7 Å². The topological polar surface area (TPSA) is 49.8 Å². The molecule has 0 aliphatic heterocycles. The average Bonchev–Trinajstić information content (AvgIpc) is 2.69. The van der Waals surface area contributed by atoms with Crippen LogP contribution in [0.5, 0.6) is 0 Å². The third-order valence-electron chi connectivity index (χ3n) is 2.44. The van der Waals surface area contributed by atoms with Crippen LogP contribution in [0.3, 0.4) is 0 Å². The minimum atomic E-state index is 0.219. The molecular formula is C12H24N4S. The average molecular weight is 256 g/mol. The van der Waals surface area contributed by atoms with E-state index in [0.29, 0.717) is 0 Å². The molecular weight excluding hydrogens is 232 g/mol. The predicted octanol–water partition coefficient (Wildman–Crippen LogP) is 1.97. The van der Waals surface area contributed by atoms with Crippen molar-refractivity contribution in [2.45, 2.75) is 52.6 Å². The van der Waals surface area contributed by atoms with Crippen LogP contribution in [0, 0.1) is 0 Å². The van der Waals surface area contributed by atoms with Crippen molar-refractivity contribution in [3.63, 3.8) is 0 Å². The molecule has 0 saturated carbocycles. The fraction of sp³-hybridized carbons (Fsp3) is 0.833. The summed E-state index contributed by atoms with van der Waals surface area (Å²) in [6, 6.07) is 0. The second kappa shape index (κ2) is 7.03. The van der Waals surface area contributed by atoms with Gasteiger partial charge in [0.25, 0.3) is 0 Å². The summed E-state index contributed by atoms with van der Waals surface area (Å²) in [4.78, 5) is 1.27. The van der Waals surface area contributed by atoms with Crippen LogP contribution in [0.4, 0.5) is 0 Å². The van der Waals surface area contributed by atoms with Crippen molar-refractivity contribution in [1.29, 1.82) is 0 Å². The fourth-order valence-corrected chi connectivity index (χ4v) is 2.20. The van der Waals surface area contributed by atoms with Crippen molar-refractivity contribution < 1.29 is 0 Å². The normalized spacial score (nSPS) is 12.0. The zero-order valence-corrected chi connectivity index (χ0v) is 12.2. The number of aryl methyl sites for hydroxylation is 1. The molecule has 0 aromatic carbocycles. The highest BCUT2D eigenvalue weighted by molar-refractivity contribution is 7.05. The molecule has 2 N–H and O–H groups in total. The molecule has 0 spiro atoms. The van der Waals surface area contributed by atoms with Gasteiger partial charge in [-0.25, -0.2) is 0 Å². The Morgan fingerprint density at radius 1 is 1.24 bits per heavy atom. The van der Waals surface area contributed by atoms with Gasteiger partial charge in [0.15, 0.2) is 0 Å². The predicted molar refractivity (Wildman–Crippen MR) is 73.4 cm³/mol. The zero-order valence-electron chi connectivity index (χ0n) is 11.3. The largest absolute Gasteiger partial charge is 0.312 e. The number of hydrogen-bond acceptors (Lipinski definition) is 5. The highest BCUT2D eigenvalue weighted by Crippen LogP contribution is 2.10. The van der Waals surface area contributed by atoms with E-state index < -0.39 is 0 Å². The number of aromatic nitrogens is 2. The summed E-state index contributed by atoms with van der Waals surface area (Å²) >= 11 is 1.50. The van der Waals surface area contributed by atoms with Crippen molar-refractivity contribution in [1.82, 2.24) is 20.2 Å². The van der Waals surface area contributed by atoms with Crippen molar-refractivity contribution >= 4 is 11.5 Å². The summed E-state index contributed by atoms with van der Waals surface area (Å²) in [5.74, 6) is 0. The standard InChI is InChI=1S/C12H24N4S/c1-5-10-11(17-16-15-10)9-13-7-6-8-14-12(2,3)4/h13-14H,5-9H2,1-4H3. The van der Waals surface area contributed by atoms with E-state index in [1.807, 2.05) is 0 Å². The molecule has 1 aromatic heterocycles. The van der Waals surface area contributed by atoms with Crippen LogP contribution in [-0.4, -0.2) is 28.2 Å². The number of nitrogens with zero attached hydrogens (tertiary/aromatic N) is 2. The van der Waals surface area contributed by atoms with E-state index >= 15 is 0 Å². The van der Waals surface area contributed by atoms with Gasteiger partial charge in [-0.05, 0) is 58.2 Å². The Hall–Kier alpha value is -0.520. The zero-order chi connectivity index (χ0) is 12.7. The van der Waals surface area contributed by atoms with E-state index in [0.717, 1.165) is 38.2 Å². The van der Waals surface area contributed by atoms with Crippen LogP contribution in [-0.2, 0) is 13.0 Å². The fourth-order valence-electron chi connectivity index (χ4n) is 1.51. The van der Waals surface area contributed by atoms with E-state index in [2.05, 4.69) is 47.9 Å². The monoisotopic (exact) mass is 256 g/mol. The first-order valence-corrected chi connectivity index (χ1v) is 7.06. The molecule has 1 heterocycles.